The van der Waals surface area contributed by atoms with E-state index in [9.17, 15) is 9.59 Å². The molecule has 0 fully saturated rings. The zero-order valence-corrected chi connectivity index (χ0v) is 14.3. The zero-order valence-electron chi connectivity index (χ0n) is 13.5. The summed E-state index contributed by atoms with van der Waals surface area (Å²) in [7, 11) is 3.05. The number of carbonyl (C=O) groups excluding carboxylic acids is 2. The fourth-order valence-corrected chi connectivity index (χ4v) is 3.47. The monoisotopic (exact) mass is 346 g/mol. The van der Waals surface area contributed by atoms with E-state index >= 15 is 0 Å². The molecule has 0 saturated carbocycles. The smallest absolute Gasteiger partial charge is 0.311 e. The van der Waals surface area contributed by atoms with Gasteiger partial charge in [0, 0.05) is 18.0 Å². The minimum Gasteiger partial charge on any atom is -0.493 e. The molecular formula is C17H18N2O4S. The van der Waals surface area contributed by atoms with Crippen molar-refractivity contribution >= 4 is 28.3 Å². The molecule has 0 N–H and O–H groups in total. The third-order valence-electron chi connectivity index (χ3n) is 3.97. The second kappa shape index (κ2) is 7.00. The number of aromatic nitrogens is 1. The summed E-state index contributed by atoms with van der Waals surface area (Å²) < 4.78 is 10.3. The summed E-state index contributed by atoms with van der Waals surface area (Å²) in [6.07, 6.45) is 0.746. The van der Waals surface area contributed by atoms with Crippen molar-refractivity contribution in [2.45, 2.75) is 18.8 Å². The highest BCUT2D eigenvalue weighted by molar-refractivity contribution is 7.14. The number of fused-ring (bicyclic) bond motifs is 1. The number of hydrogen-bond acceptors (Lipinski definition) is 6. The Labute approximate surface area is 144 Å². The molecule has 2 aromatic rings. The number of hydrogen-bond donors (Lipinski definition) is 0. The van der Waals surface area contributed by atoms with Gasteiger partial charge < -0.3 is 9.47 Å². The molecule has 0 aliphatic carbocycles. The molecule has 24 heavy (non-hydrogen) atoms. The number of rotatable bonds is 4. The van der Waals surface area contributed by atoms with Crippen molar-refractivity contribution < 1.29 is 19.1 Å². The topological polar surface area (TPSA) is 68.7 Å². The molecule has 126 valence electrons. The van der Waals surface area contributed by atoms with Crippen molar-refractivity contribution in [3.63, 3.8) is 0 Å². The minimum atomic E-state index is -0.348. The average molecular weight is 346 g/mol. The van der Waals surface area contributed by atoms with Crippen LogP contribution in [0.3, 0.4) is 0 Å². The van der Waals surface area contributed by atoms with Crippen LogP contribution in [0, 0.1) is 0 Å². The van der Waals surface area contributed by atoms with Gasteiger partial charge in [-0.05, 0) is 12.5 Å². The fourth-order valence-electron chi connectivity index (χ4n) is 2.68. The maximum absolute atomic E-state index is 12.9. The molecule has 7 heteroatoms. The number of para-hydroxylation sites is 1. The van der Waals surface area contributed by atoms with Crippen LogP contribution in [0.1, 0.15) is 23.6 Å². The molecule has 1 aliphatic rings. The van der Waals surface area contributed by atoms with Crippen LogP contribution < -0.4 is 9.64 Å². The van der Waals surface area contributed by atoms with Crippen molar-refractivity contribution in [2.75, 3.05) is 25.7 Å². The third-order valence-corrected chi connectivity index (χ3v) is 4.93. The lowest BCUT2D eigenvalue weighted by atomic mass is 9.92. The zero-order chi connectivity index (χ0) is 17.1. The Hall–Kier alpha value is -2.41. The Morgan fingerprint density at radius 1 is 1.42 bits per heavy atom. The number of amides is 1. The molecular weight excluding hydrogens is 328 g/mol. The molecule has 0 spiro atoms. The maximum Gasteiger partial charge on any atom is 0.311 e. The van der Waals surface area contributed by atoms with Gasteiger partial charge in [-0.3, -0.25) is 14.5 Å². The average Bonchev–Trinajstić information content (AvgIpc) is 3.08. The van der Waals surface area contributed by atoms with Crippen LogP contribution in [-0.2, 0) is 20.7 Å². The maximum atomic E-state index is 12.9. The highest BCUT2D eigenvalue weighted by Gasteiger charge is 2.31. The number of methoxy groups -OCH3 is 1. The van der Waals surface area contributed by atoms with Gasteiger partial charge in [-0.15, -0.1) is 11.3 Å². The SMILES string of the molecule is COC(=O)Cc1csc(N(C)C(=O)[C@H]2CCOc3ccccc32)n1. The van der Waals surface area contributed by atoms with Crippen LogP contribution in [0.25, 0.3) is 0 Å². The van der Waals surface area contributed by atoms with Gasteiger partial charge in [0.2, 0.25) is 5.91 Å². The summed E-state index contributed by atoms with van der Waals surface area (Å²) in [4.78, 5) is 30.1. The van der Waals surface area contributed by atoms with Crippen molar-refractivity contribution in [2.24, 2.45) is 0 Å². The Bertz CT molecular complexity index is 759. The molecule has 6 nitrogen and oxygen atoms in total. The largest absolute Gasteiger partial charge is 0.493 e. The van der Waals surface area contributed by atoms with E-state index in [4.69, 9.17) is 4.74 Å². The number of ether oxygens (including phenoxy) is 2. The van der Waals surface area contributed by atoms with E-state index < -0.39 is 0 Å². The van der Waals surface area contributed by atoms with E-state index in [1.165, 1.54) is 18.4 Å². The molecule has 1 atom stereocenters. The number of likely N-dealkylation sites (N-methyl/N-ethyl adjacent to an activating group) is 1. The number of esters is 1. The molecule has 2 heterocycles. The molecule has 1 aromatic heterocycles. The Morgan fingerprint density at radius 2 is 2.21 bits per heavy atom. The summed E-state index contributed by atoms with van der Waals surface area (Å²) in [5.74, 6) is 0.151. The summed E-state index contributed by atoms with van der Waals surface area (Å²) >= 11 is 1.34. The van der Waals surface area contributed by atoms with Crippen molar-refractivity contribution in [3.05, 3.63) is 40.9 Å². The quantitative estimate of drug-likeness (QED) is 0.795. The lowest BCUT2D eigenvalue weighted by Gasteiger charge is -2.27. The standard InChI is InChI=1S/C17H18N2O4S/c1-19(17-18-11(10-24-17)9-15(20)22-2)16(21)13-7-8-23-14-6-4-3-5-12(13)14/h3-6,10,13H,7-9H2,1-2H3/t13-/m0/s1. The Kier molecular flexibility index (Phi) is 4.80. The summed E-state index contributed by atoms with van der Waals surface area (Å²) in [6, 6.07) is 7.61. The van der Waals surface area contributed by atoms with E-state index in [2.05, 4.69) is 9.72 Å². The van der Waals surface area contributed by atoms with Crippen LogP contribution in [0.5, 0.6) is 5.75 Å². The number of anilines is 1. The molecule has 0 radical (unpaired) electrons. The van der Waals surface area contributed by atoms with Gasteiger partial charge in [-0.25, -0.2) is 4.98 Å². The highest BCUT2D eigenvalue weighted by atomic mass is 32.1. The van der Waals surface area contributed by atoms with Crippen molar-refractivity contribution in [3.8, 4) is 5.75 Å². The number of benzene rings is 1. The highest BCUT2D eigenvalue weighted by Crippen LogP contribution is 2.35. The first-order valence-electron chi connectivity index (χ1n) is 7.60. The molecule has 0 saturated heterocycles. The molecule has 1 aliphatic heterocycles. The van der Waals surface area contributed by atoms with Crippen LogP contribution >= 0.6 is 11.3 Å². The molecule has 3 rings (SSSR count). The van der Waals surface area contributed by atoms with Gasteiger partial charge in [-0.2, -0.15) is 0 Å². The first kappa shape index (κ1) is 16.4. The number of thiazole rings is 1. The van der Waals surface area contributed by atoms with E-state index in [1.807, 2.05) is 24.3 Å². The predicted molar refractivity (Wildman–Crippen MR) is 90.5 cm³/mol. The second-order valence-corrected chi connectivity index (χ2v) is 6.34. The van der Waals surface area contributed by atoms with Gasteiger partial charge in [0.05, 0.1) is 31.7 Å². The van der Waals surface area contributed by atoms with E-state index in [-0.39, 0.29) is 24.2 Å². The molecule has 0 unspecified atom stereocenters. The predicted octanol–water partition coefficient (Wildman–Crippen LogP) is 2.39. The fraction of sp³-hybridized carbons (Fsp3) is 0.353. The first-order valence-corrected chi connectivity index (χ1v) is 8.48. The molecule has 1 amide bonds. The Morgan fingerprint density at radius 3 is 3.00 bits per heavy atom. The summed E-state index contributed by atoms with van der Waals surface area (Å²) in [6.45, 7) is 0.521. The van der Waals surface area contributed by atoms with E-state index in [0.29, 0.717) is 23.9 Å². The summed E-state index contributed by atoms with van der Waals surface area (Å²) in [5.41, 5.74) is 1.51. The van der Waals surface area contributed by atoms with Crippen LogP contribution in [-0.4, -0.2) is 37.6 Å². The first-order chi connectivity index (χ1) is 11.6. The van der Waals surface area contributed by atoms with Crippen molar-refractivity contribution in [1.82, 2.24) is 4.98 Å². The van der Waals surface area contributed by atoms with E-state index in [1.54, 1.807) is 17.3 Å². The Balaban J connectivity index is 1.77. The van der Waals surface area contributed by atoms with Crippen molar-refractivity contribution in [1.29, 1.82) is 0 Å². The van der Waals surface area contributed by atoms with Crippen LogP contribution in [0.4, 0.5) is 5.13 Å². The normalized spacial score (nSPS) is 16.0. The van der Waals surface area contributed by atoms with Gasteiger partial charge in [0.15, 0.2) is 5.13 Å². The summed E-state index contributed by atoms with van der Waals surface area (Å²) in [5, 5.41) is 2.34. The lowest BCUT2D eigenvalue weighted by molar-refractivity contribution is -0.139. The van der Waals surface area contributed by atoms with Gasteiger partial charge in [0.1, 0.15) is 5.75 Å². The van der Waals surface area contributed by atoms with Crippen LogP contribution in [0.15, 0.2) is 29.6 Å². The number of nitrogens with zero attached hydrogens (tertiary/aromatic N) is 2. The van der Waals surface area contributed by atoms with Gasteiger partial charge in [0.25, 0.3) is 0 Å². The van der Waals surface area contributed by atoms with E-state index in [0.717, 1.165) is 11.3 Å². The minimum absolute atomic E-state index is 0.0234. The van der Waals surface area contributed by atoms with Crippen LogP contribution in [0.2, 0.25) is 0 Å². The lowest BCUT2D eigenvalue weighted by Crippen LogP contribution is -2.34. The second-order valence-electron chi connectivity index (χ2n) is 5.50. The number of carbonyl (C=O) groups is 2. The molecule has 1 aromatic carbocycles. The third kappa shape index (κ3) is 3.26. The van der Waals surface area contributed by atoms with Gasteiger partial charge >= 0.3 is 5.97 Å². The van der Waals surface area contributed by atoms with Gasteiger partial charge in [-0.1, -0.05) is 18.2 Å². The molecule has 0 bridgehead atoms.